The number of halogens is 1. The van der Waals surface area contributed by atoms with Crippen LogP contribution in [0.15, 0.2) is 11.4 Å². The van der Waals surface area contributed by atoms with Crippen molar-refractivity contribution in [3.63, 3.8) is 0 Å². The molecule has 3 nitrogen and oxygen atoms in total. The highest BCUT2D eigenvalue weighted by atomic mass is 127. The molecule has 5 heteroatoms. The number of carbonyl (C=O) groups is 1. The van der Waals surface area contributed by atoms with Gasteiger partial charge in [-0.1, -0.05) is 13.3 Å². The number of amides is 1. The summed E-state index contributed by atoms with van der Waals surface area (Å²) in [5.74, 6) is -0.0157. The molecule has 0 aromatic carbocycles. The van der Waals surface area contributed by atoms with E-state index < -0.39 is 0 Å². The lowest BCUT2D eigenvalue weighted by atomic mass is 10.1. The van der Waals surface area contributed by atoms with Crippen LogP contribution in [0.5, 0.6) is 0 Å². The van der Waals surface area contributed by atoms with Crippen molar-refractivity contribution in [3.05, 3.63) is 19.9 Å². The number of nitrogens with two attached hydrogens (primary N) is 1. The zero-order chi connectivity index (χ0) is 11.3. The van der Waals surface area contributed by atoms with Crippen LogP contribution < -0.4 is 11.1 Å². The van der Waals surface area contributed by atoms with E-state index in [0.29, 0.717) is 6.54 Å². The van der Waals surface area contributed by atoms with Crippen LogP contribution in [0.25, 0.3) is 0 Å². The number of carbonyl (C=O) groups excluding carboxylic acids is 1. The molecule has 1 heterocycles. The quantitative estimate of drug-likeness (QED) is 0.809. The first kappa shape index (κ1) is 12.9. The fraction of sp³-hybridized carbons (Fsp3) is 0.500. The molecule has 1 unspecified atom stereocenters. The molecule has 0 saturated heterocycles. The summed E-state index contributed by atoms with van der Waals surface area (Å²) in [5, 5.41) is 4.81. The molecular formula is C10H15IN2OS. The zero-order valence-corrected chi connectivity index (χ0v) is 11.6. The normalized spacial score (nSPS) is 12.5. The Kier molecular flexibility index (Phi) is 5.55. The van der Waals surface area contributed by atoms with Gasteiger partial charge in [-0.05, 0) is 35.1 Å². The molecule has 1 atom stereocenters. The highest BCUT2D eigenvalue weighted by Gasteiger charge is 2.12. The van der Waals surface area contributed by atoms with Crippen LogP contribution in [0.3, 0.4) is 0 Å². The first-order valence-corrected chi connectivity index (χ1v) is 6.88. The summed E-state index contributed by atoms with van der Waals surface area (Å²) < 4.78 is 1.12. The van der Waals surface area contributed by atoms with Crippen LogP contribution in [0.2, 0.25) is 0 Å². The predicted octanol–water partition coefficient (Wildman–Crippen LogP) is 2.21. The van der Waals surface area contributed by atoms with Crippen LogP contribution in [0.4, 0.5) is 0 Å². The first-order valence-electron chi connectivity index (χ1n) is 4.92. The van der Waals surface area contributed by atoms with Crippen molar-refractivity contribution in [1.82, 2.24) is 5.32 Å². The molecular weight excluding hydrogens is 323 g/mol. The highest BCUT2D eigenvalue weighted by molar-refractivity contribution is 14.1. The van der Waals surface area contributed by atoms with Gasteiger partial charge in [0.2, 0.25) is 0 Å². The van der Waals surface area contributed by atoms with Gasteiger partial charge in [0.1, 0.15) is 0 Å². The van der Waals surface area contributed by atoms with Gasteiger partial charge in [-0.15, -0.1) is 11.3 Å². The first-order chi connectivity index (χ1) is 7.17. The van der Waals surface area contributed by atoms with E-state index in [1.807, 2.05) is 11.4 Å². The van der Waals surface area contributed by atoms with Crippen LogP contribution in [0.1, 0.15) is 30.1 Å². The van der Waals surface area contributed by atoms with E-state index in [2.05, 4.69) is 34.8 Å². The van der Waals surface area contributed by atoms with Crippen molar-refractivity contribution in [1.29, 1.82) is 0 Å². The standard InChI is InChI=1S/C10H15IN2OS/c1-2-3-8(5-12)13-10(14)7-4-9(11)15-6-7/h4,6,8H,2-3,5,12H2,1H3,(H,13,14). The third-order valence-electron chi connectivity index (χ3n) is 2.09. The highest BCUT2D eigenvalue weighted by Crippen LogP contribution is 2.16. The van der Waals surface area contributed by atoms with E-state index in [4.69, 9.17) is 5.73 Å². The molecule has 1 aromatic rings. The summed E-state index contributed by atoms with van der Waals surface area (Å²) in [5.41, 5.74) is 6.31. The van der Waals surface area contributed by atoms with E-state index >= 15 is 0 Å². The van der Waals surface area contributed by atoms with Gasteiger partial charge in [-0.25, -0.2) is 0 Å². The minimum atomic E-state index is -0.0157. The molecule has 0 fully saturated rings. The molecule has 0 aliphatic rings. The van der Waals surface area contributed by atoms with Gasteiger partial charge in [0.05, 0.1) is 8.45 Å². The third kappa shape index (κ3) is 4.08. The van der Waals surface area contributed by atoms with Gasteiger partial charge in [0, 0.05) is 18.0 Å². The Morgan fingerprint density at radius 2 is 2.47 bits per heavy atom. The molecule has 0 aliphatic carbocycles. The molecule has 15 heavy (non-hydrogen) atoms. The number of thiophene rings is 1. The van der Waals surface area contributed by atoms with Crippen LogP contribution in [0, 0.1) is 2.88 Å². The maximum Gasteiger partial charge on any atom is 0.252 e. The van der Waals surface area contributed by atoms with Gasteiger partial charge in [-0.3, -0.25) is 4.79 Å². The third-order valence-corrected chi connectivity index (χ3v) is 3.88. The van der Waals surface area contributed by atoms with E-state index in [1.165, 1.54) is 0 Å². The van der Waals surface area contributed by atoms with Crippen molar-refractivity contribution in [2.45, 2.75) is 25.8 Å². The van der Waals surface area contributed by atoms with E-state index in [1.54, 1.807) is 11.3 Å². The molecule has 0 radical (unpaired) electrons. The maximum atomic E-state index is 11.7. The zero-order valence-electron chi connectivity index (χ0n) is 8.63. The SMILES string of the molecule is CCCC(CN)NC(=O)c1csc(I)c1. The van der Waals surface area contributed by atoms with E-state index in [-0.39, 0.29) is 11.9 Å². The summed E-state index contributed by atoms with van der Waals surface area (Å²) in [7, 11) is 0. The minimum absolute atomic E-state index is 0.0157. The molecule has 0 saturated carbocycles. The van der Waals surface area contributed by atoms with Crippen molar-refractivity contribution < 1.29 is 4.79 Å². The Bertz CT molecular complexity index is 327. The van der Waals surface area contributed by atoms with Crippen molar-refractivity contribution >= 4 is 39.8 Å². The Balaban J connectivity index is 2.54. The average molecular weight is 338 g/mol. The number of nitrogens with one attached hydrogen (secondary N) is 1. The predicted molar refractivity (Wildman–Crippen MR) is 72.3 cm³/mol. The fourth-order valence-electron chi connectivity index (χ4n) is 1.30. The number of rotatable bonds is 5. The summed E-state index contributed by atoms with van der Waals surface area (Å²) >= 11 is 3.78. The van der Waals surface area contributed by atoms with Crippen molar-refractivity contribution in [2.75, 3.05) is 6.54 Å². The largest absolute Gasteiger partial charge is 0.348 e. The second-order valence-electron chi connectivity index (χ2n) is 3.33. The molecule has 84 valence electrons. The van der Waals surface area contributed by atoms with Gasteiger partial charge >= 0.3 is 0 Å². The van der Waals surface area contributed by atoms with Gasteiger partial charge in [-0.2, -0.15) is 0 Å². The van der Waals surface area contributed by atoms with Crippen molar-refractivity contribution in [2.24, 2.45) is 5.73 Å². The lowest BCUT2D eigenvalue weighted by Gasteiger charge is -2.15. The van der Waals surface area contributed by atoms with Gasteiger partial charge < -0.3 is 11.1 Å². The Morgan fingerprint density at radius 3 is 2.93 bits per heavy atom. The van der Waals surface area contributed by atoms with E-state index in [0.717, 1.165) is 21.3 Å². The molecule has 1 rings (SSSR count). The fourth-order valence-corrected chi connectivity index (χ4v) is 2.62. The maximum absolute atomic E-state index is 11.7. The lowest BCUT2D eigenvalue weighted by Crippen LogP contribution is -2.39. The second-order valence-corrected chi connectivity index (χ2v) is 6.14. The number of hydrogen-bond donors (Lipinski definition) is 2. The lowest BCUT2D eigenvalue weighted by molar-refractivity contribution is 0.0936. The number of hydrogen-bond acceptors (Lipinski definition) is 3. The Morgan fingerprint density at radius 1 is 1.73 bits per heavy atom. The summed E-state index contributed by atoms with van der Waals surface area (Å²) in [6.45, 7) is 2.59. The van der Waals surface area contributed by atoms with Crippen LogP contribution >= 0.6 is 33.9 Å². The summed E-state index contributed by atoms with van der Waals surface area (Å²) in [6, 6.07) is 1.99. The smallest absolute Gasteiger partial charge is 0.252 e. The monoisotopic (exact) mass is 338 g/mol. The molecule has 1 aromatic heterocycles. The average Bonchev–Trinajstić information content (AvgIpc) is 2.64. The molecule has 3 N–H and O–H groups in total. The van der Waals surface area contributed by atoms with E-state index in [9.17, 15) is 4.79 Å². The molecule has 1 amide bonds. The van der Waals surface area contributed by atoms with Gasteiger partial charge in [0.15, 0.2) is 0 Å². The molecule has 0 bridgehead atoms. The van der Waals surface area contributed by atoms with Crippen molar-refractivity contribution in [3.8, 4) is 0 Å². The minimum Gasteiger partial charge on any atom is -0.348 e. The Labute approximate surface area is 108 Å². The topological polar surface area (TPSA) is 55.1 Å². The summed E-state index contributed by atoms with van der Waals surface area (Å²) in [4.78, 5) is 11.7. The second kappa shape index (κ2) is 6.44. The van der Waals surface area contributed by atoms with Gasteiger partial charge in [0.25, 0.3) is 5.91 Å². The Hall–Kier alpha value is -0.140. The van der Waals surface area contributed by atoms with Crippen LogP contribution in [-0.4, -0.2) is 18.5 Å². The van der Waals surface area contributed by atoms with Crippen LogP contribution in [-0.2, 0) is 0 Å². The molecule has 0 spiro atoms. The molecule has 0 aliphatic heterocycles. The summed E-state index contributed by atoms with van der Waals surface area (Å²) in [6.07, 6.45) is 1.97.